The van der Waals surface area contributed by atoms with E-state index in [1.165, 1.54) is 4.90 Å². The summed E-state index contributed by atoms with van der Waals surface area (Å²) in [6.45, 7) is 2.37. The molecule has 0 unspecified atom stereocenters. The Morgan fingerprint density at radius 2 is 2.07 bits per heavy atom. The lowest BCUT2D eigenvalue weighted by Gasteiger charge is -2.22. The molecule has 0 aromatic heterocycles. The van der Waals surface area contributed by atoms with Crippen molar-refractivity contribution < 1.29 is 4.79 Å². The summed E-state index contributed by atoms with van der Waals surface area (Å²) in [5, 5.41) is 8.48. The summed E-state index contributed by atoms with van der Waals surface area (Å²) < 4.78 is -1.97. The van der Waals surface area contributed by atoms with Crippen molar-refractivity contribution in [2.24, 2.45) is 0 Å². The first kappa shape index (κ1) is 13.8. The highest BCUT2D eigenvalue weighted by Crippen LogP contribution is 2.28. The molecule has 0 bridgehead atoms. The van der Waals surface area contributed by atoms with Gasteiger partial charge in [-0.05, 0) is 6.42 Å². The monoisotopic (exact) mass is 256 g/mol. The summed E-state index contributed by atoms with van der Waals surface area (Å²) in [4.78, 5) is 12.7. The fraction of sp³-hybridized carbons (Fsp3) is 0.750. The van der Waals surface area contributed by atoms with E-state index >= 15 is 0 Å². The summed E-state index contributed by atoms with van der Waals surface area (Å²) in [5.74, 6) is -0.641. The van der Waals surface area contributed by atoms with Crippen LogP contribution >= 0.6 is 34.8 Å². The molecule has 14 heavy (non-hydrogen) atoms. The molecule has 3 nitrogen and oxygen atoms in total. The summed E-state index contributed by atoms with van der Waals surface area (Å²) in [7, 11) is 0. The third-order valence-corrected chi connectivity index (χ3v) is 2.06. The maximum atomic E-state index is 11.4. The van der Waals surface area contributed by atoms with Gasteiger partial charge in [-0.15, -0.1) is 0 Å². The number of hydrogen-bond acceptors (Lipinski definition) is 2. The van der Waals surface area contributed by atoms with Crippen LogP contribution in [0.3, 0.4) is 0 Å². The van der Waals surface area contributed by atoms with E-state index in [-0.39, 0.29) is 6.54 Å². The minimum atomic E-state index is -1.97. The molecule has 0 radical (unpaired) electrons. The highest BCUT2D eigenvalue weighted by Gasteiger charge is 2.34. The lowest BCUT2D eigenvalue weighted by atomic mass is 10.3. The Morgan fingerprint density at radius 3 is 2.43 bits per heavy atom. The third kappa shape index (κ3) is 4.90. The highest BCUT2D eigenvalue weighted by molar-refractivity contribution is 6.76. The number of nitrogens with zero attached hydrogens (tertiary/aromatic N) is 2. The minimum Gasteiger partial charge on any atom is -0.326 e. The molecule has 0 aromatic carbocycles. The van der Waals surface area contributed by atoms with Crippen molar-refractivity contribution in [3.8, 4) is 6.07 Å². The van der Waals surface area contributed by atoms with Gasteiger partial charge >= 0.3 is 0 Å². The van der Waals surface area contributed by atoms with Crippen molar-refractivity contribution in [1.82, 2.24) is 4.90 Å². The number of alkyl halides is 3. The quantitative estimate of drug-likeness (QED) is 0.574. The summed E-state index contributed by atoms with van der Waals surface area (Å²) in [5.41, 5.74) is 0. The summed E-state index contributed by atoms with van der Waals surface area (Å²) in [6, 6.07) is 1.86. The van der Waals surface area contributed by atoms with Gasteiger partial charge in [-0.2, -0.15) is 5.26 Å². The Balaban J connectivity index is 4.35. The molecule has 0 N–H and O–H groups in total. The van der Waals surface area contributed by atoms with Crippen molar-refractivity contribution in [3.63, 3.8) is 0 Å². The molecular formula is C8H11Cl3N2O. The molecule has 0 aromatic rings. The zero-order valence-corrected chi connectivity index (χ0v) is 10.0. The second kappa shape index (κ2) is 6.34. The Morgan fingerprint density at radius 1 is 1.50 bits per heavy atom. The zero-order chi connectivity index (χ0) is 11.2. The molecule has 0 fully saturated rings. The Bertz CT molecular complexity index is 232. The average Bonchev–Trinajstić information content (AvgIpc) is 2.09. The van der Waals surface area contributed by atoms with E-state index in [0.717, 1.165) is 12.8 Å². The number of amides is 1. The smallest absolute Gasteiger partial charge is 0.275 e. The lowest BCUT2D eigenvalue weighted by molar-refractivity contribution is -0.129. The fourth-order valence-corrected chi connectivity index (χ4v) is 1.22. The maximum absolute atomic E-state index is 11.4. The lowest BCUT2D eigenvalue weighted by Crippen LogP contribution is -2.40. The molecule has 0 aliphatic rings. The van der Waals surface area contributed by atoms with E-state index in [1.54, 1.807) is 0 Å². The predicted molar refractivity (Wildman–Crippen MR) is 57.4 cm³/mol. The zero-order valence-electron chi connectivity index (χ0n) is 7.76. The molecule has 0 aliphatic carbocycles. The van der Waals surface area contributed by atoms with Crippen LogP contribution in [0.15, 0.2) is 0 Å². The first-order valence-electron chi connectivity index (χ1n) is 4.16. The largest absolute Gasteiger partial charge is 0.326 e. The third-order valence-electron chi connectivity index (χ3n) is 1.57. The van der Waals surface area contributed by atoms with Crippen molar-refractivity contribution in [1.29, 1.82) is 5.26 Å². The number of rotatable bonds is 4. The maximum Gasteiger partial charge on any atom is 0.275 e. The number of halogens is 3. The van der Waals surface area contributed by atoms with Crippen molar-refractivity contribution in [2.45, 2.75) is 23.6 Å². The van der Waals surface area contributed by atoms with Gasteiger partial charge in [-0.3, -0.25) is 4.79 Å². The minimum absolute atomic E-state index is 0.0489. The van der Waals surface area contributed by atoms with Gasteiger partial charge in [0.1, 0.15) is 6.54 Å². The van der Waals surface area contributed by atoms with E-state index in [2.05, 4.69) is 0 Å². The molecular weight excluding hydrogens is 246 g/mol. The second-order valence-corrected chi connectivity index (χ2v) is 5.02. The first-order chi connectivity index (χ1) is 6.43. The van der Waals surface area contributed by atoms with Gasteiger partial charge in [0.2, 0.25) is 0 Å². The van der Waals surface area contributed by atoms with Crippen LogP contribution in [-0.4, -0.2) is 27.7 Å². The Kier molecular flexibility index (Phi) is 6.26. The van der Waals surface area contributed by atoms with E-state index in [1.807, 2.05) is 13.0 Å². The predicted octanol–water partition coefficient (Wildman–Crippen LogP) is 2.51. The number of nitriles is 1. The van der Waals surface area contributed by atoms with Crippen LogP contribution in [0, 0.1) is 11.3 Å². The molecule has 0 spiro atoms. The number of carbonyl (C=O) groups is 1. The summed E-state index contributed by atoms with van der Waals surface area (Å²) in [6.07, 6.45) is 1.70. The topological polar surface area (TPSA) is 44.1 Å². The molecule has 0 rings (SSSR count). The van der Waals surface area contributed by atoms with Gasteiger partial charge in [0.15, 0.2) is 0 Å². The van der Waals surface area contributed by atoms with E-state index in [4.69, 9.17) is 40.1 Å². The van der Waals surface area contributed by atoms with Crippen molar-refractivity contribution in [2.75, 3.05) is 13.1 Å². The van der Waals surface area contributed by atoms with E-state index in [0.29, 0.717) is 6.54 Å². The SMILES string of the molecule is CCCCN(CC#N)C(=O)C(Cl)(Cl)Cl. The van der Waals surface area contributed by atoms with Gasteiger partial charge in [0.05, 0.1) is 6.07 Å². The van der Waals surface area contributed by atoms with Crippen LogP contribution in [-0.2, 0) is 4.79 Å². The molecule has 80 valence electrons. The second-order valence-electron chi connectivity index (χ2n) is 2.74. The number of hydrogen-bond donors (Lipinski definition) is 0. The molecule has 0 aliphatic heterocycles. The number of unbranched alkanes of at least 4 members (excludes halogenated alkanes) is 1. The highest BCUT2D eigenvalue weighted by atomic mass is 35.6. The molecule has 0 heterocycles. The van der Waals surface area contributed by atoms with Gasteiger partial charge in [0.25, 0.3) is 9.70 Å². The molecule has 0 atom stereocenters. The average molecular weight is 258 g/mol. The van der Waals surface area contributed by atoms with Crippen LogP contribution in [0.25, 0.3) is 0 Å². The molecule has 0 saturated heterocycles. The fourth-order valence-electron chi connectivity index (χ4n) is 0.866. The van der Waals surface area contributed by atoms with Crippen LogP contribution < -0.4 is 0 Å². The Hall–Kier alpha value is -0.170. The Labute approximate surface area is 98.5 Å². The van der Waals surface area contributed by atoms with Crippen molar-refractivity contribution >= 4 is 40.7 Å². The van der Waals surface area contributed by atoms with E-state index < -0.39 is 9.70 Å². The van der Waals surface area contributed by atoms with Gasteiger partial charge in [-0.25, -0.2) is 0 Å². The summed E-state index contributed by atoms with van der Waals surface area (Å²) >= 11 is 16.3. The number of carbonyl (C=O) groups excluding carboxylic acids is 1. The standard InChI is InChI=1S/C8H11Cl3N2O/c1-2-3-5-13(6-4-12)7(14)8(9,10)11/h2-3,5-6H2,1H3. The van der Waals surface area contributed by atoms with Gasteiger partial charge in [-0.1, -0.05) is 48.1 Å². The van der Waals surface area contributed by atoms with Crippen LogP contribution in [0.1, 0.15) is 19.8 Å². The molecule has 1 amide bonds. The van der Waals surface area contributed by atoms with Crippen LogP contribution in [0.2, 0.25) is 0 Å². The first-order valence-corrected chi connectivity index (χ1v) is 5.30. The van der Waals surface area contributed by atoms with Crippen LogP contribution in [0.4, 0.5) is 0 Å². The molecule has 6 heteroatoms. The molecule has 0 saturated carbocycles. The van der Waals surface area contributed by atoms with Gasteiger partial charge < -0.3 is 4.90 Å². The van der Waals surface area contributed by atoms with E-state index in [9.17, 15) is 4.79 Å². The van der Waals surface area contributed by atoms with Crippen LogP contribution in [0.5, 0.6) is 0 Å². The van der Waals surface area contributed by atoms with Gasteiger partial charge in [0, 0.05) is 6.54 Å². The van der Waals surface area contributed by atoms with Crippen molar-refractivity contribution in [3.05, 3.63) is 0 Å². The normalized spacial score (nSPS) is 10.8.